The van der Waals surface area contributed by atoms with Crippen LogP contribution in [-0.4, -0.2) is 58.7 Å². The van der Waals surface area contributed by atoms with Crippen molar-refractivity contribution >= 4 is 44.7 Å². The molecule has 2 aliphatic rings. The second kappa shape index (κ2) is 9.53. The number of carbonyl (C=O) groups excluding carboxylic acids is 1. The van der Waals surface area contributed by atoms with Gasteiger partial charge >= 0.3 is 0 Å². The number of nitrogens with two attached hydrogens (primary N) is 1. The highest BCUT2D eigenvalue weighted by molar-refractivity contribution is 7.92. The fraction of sp³-hybridized carbons (Fsp3) is 0.458. The topological polar surface area (TPSA) is 135 Å². The predicted octanol–water partition coefficient (Wildman–Crippen LogP) is 3.33. The van der Waals surface area contributed by atoms with Gasteiger partial charge in [-0.2, -0.15) is 5.10 Å². The summed E-state index contributed by atoms with van der Waals surface area (Å²) in [4.78, 5) is 20.3. The summed E-state index contributed by atoms with van der Waals surface area (Å²) in [6.45, 7) is 2.52. The molecular weight excluding hydrogens is 502 g/mol. The fourth-order valence-electron chi connectivity index (χ4n) is 4.93. The zero-order valence-corrected chi connectivity index (χ0v) is 21.8. The summed E-state index contributed by atoms with van der Waals surface area (Å²) in [5.41, 5.74) is 8.75. The highest BCUT2D eigenvalue weighted by atomic mass is 35.5. The summed E-state index contributed by atoms with van der Waals surface area (Å²) >= 11 is 6.18. The van der Waals surface area contributed by atoms with Crippen LogP contribution in [0.5, 0.6) is 0 Å². The lowest BCUT2D eigenvalue weighted by Crippen LogP contribution is -2.44. The van der Waals surface area contributed by atoms with E-state index in [2.05, 4.69) is 10.0 Å². The molecule has 3 heterocycles. The van der Waals surface area contributed by atoms with Crippen LogP contribution >= 0.6 is 11.6 Å². The molecule has 5 rings (SSSR count). The van der Waals surface area contributed by atoms with Crippen molar-refractivity contribution in [3.05, 3.63) is 52.3 Å². The van der Waals surface area contributed by atoms with Gasteiger partial charge in [-0.1, -0.05) is 11.6 Å². The second-order valence-electron chi connectivity index (χ2n) is 9.79. The van der Waals surface area contributed by atoms with E-state index < -0.39 is 10.0 Å². The summed E-state index contributed by atoms with van der Waals surface area (Å²) in [6.07, 6.45) is 7.38. The van der Waals surface area contributed by atoms with Gasteiger partial charge in [0, 0.05) is 41.5 Å². The van der Waals surface area contributed by atoms with Crippen LogP contribution in [0.15, 0.2) is 30.5 Å². The minimum absolute atomic E-state index is 0.204. The number of benzene rings is 1. The quantitative estimate of drug-likeness (QED) is 0.444. The Bertz CT molecular complexity index is 1420. The summed E-state index contributed by atoms with van der Waals surface area (Å²) in [7, 11) is -3.58. The highest BCUT2D eigenvalue weighted by Gasteiger charge is 2.32. The van der Waals surface area contributed by atoms with Crippen molar-refractivity contribution in [2.75, 3.05) is 22.8 Å². The molecule has 36 heavy (non-hydrogen) atoms. The number of likely N-dealkylation sites (tertiary alicyclic amines) is 1. The lowest BCUT2D eigenvalue weighted by Gasteiger charge is -2.35. The minimum Gasteiger partial charge on any atom is -0.367 e. The number of fused-ring (bicyclic) bond motifs is 1. The first kappa shape index (κ1) is 24.8. The molecule has 0 spiro atoms. The van der Waals surface area contributed by atoms with Crippen LogP contribution < -0.4 is 15.8 Å². The van der Waals surface area contributed by atoms with Crippen molar-refractivity contribution in [1.82, 2.24) is 19.5 Å². The van der Waals surface area contributed by atoms with E-state index >= 15 is 0 Å². The molecule has 2 fully saturated rings. The monoisotopic (exact) mass is 531 g/mol. The molecule has 1 saturated carbocycles. The number of rotatable bonds is 6. The number of sulfonamides is 1. The Balaban J connectivity index is 1.45. The van der Waals surface area contributed by atoms with Gasteiger partial charge in [-0.05, 0) is 57.2 Å². The average molecular weight is 532 g/mol. The van der Waals surface area contributed by atoms with Gasteiger partial charge in [0.25, 0.3) is 5.91 Å². The number of piperidine rings is 1. The summed E-state index contributed by atoms with van der Waals surface area (Å²) in [5.74, 6) is 0.524. The van der Waals surface area contributed by atoms with Gasteiger partial charge in [0.15, 0.2) is 5.65 Å². The SMILES string of the molecule is Cc1cn2nc([C@@H]3CCCCN3C(=O)c3cc(Cl)ccc3NS(C)(=O)=O)cc2nc1N[C@H]1C[C@@H](N)C1. The Morgan fingerprint density at radius 3 is 2.72 bits per heavy atom. The number of anilines is 2. The summed E-state index contributed by atoms with van der Waals surface area (Å²) in [5, 5.41) is 8.59. The Labute approximate surface area is 215 Å². The Hall–Kier alpha value is -2.89. The van der Waals surface area contributed by atoms with Crippen molar-refractivity contribution in [3.63, 3.8) is 0 Å². The van der Waals surface area contributed by atoms with Gasteiger partial charge in [-0.15, -0.1) is 0 Å². The predicted molar refractivity (Wildman–Crippen MR) is 140 cm³/mol. The van der Waals surface area contributed by atoms with Gasteiger partial charge < -0.3 is 16.0 Å². The number of hydrogen-bond donors (Lipinski definition) is 3. The van der Waals surface area contributed by atoms with Crippen LogP contribution in [0.3, 0.4) is 0 Å². The molecule has 1 saturated heterocycles. The highest BCUT2D eigenvalue weighted by Crippen LogP contribution is 2.34. The van der Waals surface area contributed by atoms with Gasteiger partial charge in [0.05, 0.1) is 29.2 Å². The first-order valence-corrected chi connectivity index (χ1v) is 14.3. The van der Waals surface area contributed by atoms with E-state index in [1.165, 1.54) is 12.1 Å². The number of hydrogen-bond acceptors (Lipinski definition) is 7. The van der Waals surface area contributed by atoms with Crippen LogP contribution in [0.2, 0.25) is 5.02 Å². The zero-order valence-electron chi connectivity index (χ0n) is 20.2. The van der Waals surface area contributed by atoms with Crippen molar-refractivity contribution in [1.29, 1.82) is 0 Å². The lowest BCUT2D eigenvalue weighted by atomic mass is 9.87. The number of nitrogens with zero attached hydrogens (tertiary/aromatic N) is 4. The van der Waals surface area contributed by atoms with E-state index in [-0.39, 0.29) is 29.2 Å². The average Bonchev–Trinajstić information content (AvgIpc) is 3.20. The lowest BCUT2D eigenvalue weighted by molar-refractivity contribution is 0.0607. The molecule has 3 aromatic rings. The van der Waals surface area contributed by atoms with Gasteiger partial charge in [-0.3, -0.25) is 9.52 Å². The number of halogens is 1. The number of amides is 1. The first-order valence-electron chi connectivity index (χ1n) is 12.0. The molecule has 1 aliphatic heterocycles. The first-order chi connectivity index (χ1) is 17.1. The molecule has 10 nitrogen and oxygen atoms in total. The van der Waals surface area contributed by atoms with E-state index in [4.69, 9.17) is 27.4 Å². The molecule has 1 aromatic carbocycles. The van der Waals surface area contributed by atoms with Gasteiger partial charge in [0.1, 0.15) is 5.82 Å². The molecular formula is C24H30ClN7O3S. The van der Waals surface area contributed by atoms with E-state index in [0.29, 0.717) is 23.3 Å². The van der Waals surface area contributed by atoms with Crippen LogP contribution in [0.1, 0.15) is 59.8 Å². The third-order valence-electron chi connectivity index (χ3n) is 6.78. The van der Waals surface area contributed by atoms with E-state index in [0.717, 1.165) is 55.4 Å². The van der Waals surface area contributed by atoms with Crippen LogP contribution in [0.25, 0.3) is 5.65 Å². The molecule has 0 unspecified atom stereocenters. The summed E-state index contributed by atoms with van der Waals surface area (Å²) in [6, 6.07) is 6.79. The van der Waals surface area contributed by atoms with Gasteiger partial charge in [-0.25, -0.2) is 17.9 Å². The fourth-order valence-corrected chi connectivity index (χ4v) is 5.68. The Morgan fingerprint density at radius 1 is 1.22 bits per heavy atom. The largest absolute Gasteiger partial charge is 0.367 e. The molecule has 2 aromatic heterocycles. The van der Waals surface area contributed by atoms with Crippen molar-refractivity contribution in [2.45, 2.75) is 57.2 Å². The van der Waals surface area contributed by atoms with Crippen molar-refractivity contribution < 1.29 is 13.2 Å². The zero-order chi connectivity index (χ0) is 25.6. The number of carbonyl (C=O) groups is 1. The van der Waals surface area contributed by atoms with Gasteiger partial charge in [0.2, 0.25) is 10.0 Å². The van der Waals surface area contributed by atoms with Crippen molar-refractivity contribution in [3.8, 4) is 0 Å². The molecule has 4 N–H and O–H groups in total. The van der Waals surface area contributed by atoms with E-state index in [1.54, 1.807) is 15.5 Å². The number of nitrogens with one attached hydrogen (secondary N) is 2. The third kappa shape index (κ3) is 5.14. The van der Waals surface area contributed by atoms with Crippen molar-refractivity contribution in [2.24, 2.45) is 5.73 Å². The molecule has 1 aliphatic carbocycles. The molecule has 0 radical (unpaired) electrons. The second-order valence-corrected chi connectivity index (χ2v) is 12.0. The maximum Gasteiger partial charge on any atom is 0.256 e. The molecule has 192 valence electrons. The molecule has 1 atom stereocenters. The van der Waals surface area contributed by atoms with Crippen LogP contribution in [0.4, 0.5) is 11.5 Å². The molecule has 12 heteroatoms. The smallest absolute Gasteiger partial charge is 0.256 e. The standard InChI is InChI=1S/C24H30ClN7O3S/c1-14-13-32-22(28-23(14)27-17-10-16(26)11-17)12-20(29-32)21-5-3-4-8-31(21)24(33)18-9-15(25)6-7-19(18)30-36(2,34)35/h6-7,9,12-13,16-17,21,30H,3-5,8,10-11,26H2,1-2H3,(H,27,28)/t16-,17+,21-/m0/s1. The molecule has 0 bridgehead atoms. The summed E-state index contributed by atoms with van der Waals surface area (Å²) < 4.78 is 27.9. The molecule has 1 amide bonds. The third-order valence-corrected chi connectivity index (χ3v) is 7.60. The maximum absolute atomic E-state index is 13.7. The normalized spacial score (nSPS) is 22.3. The van der Waals surface area contributed by atoms with E-state index in [9.17, 15) is 13.2 Å². The number of aromatic nitrogens is 3. The van der Waals surface area contributed by atoms with E-state index in [1.807, 2.05) is 19.2 Å². The Morgan fingerprint density at radius 2 is 2.00 bits per heavy atom. The van der Waals surface area contributed by atoms with Crippen LogP contribution in [0, 0.1) is 6.92 Å². The minimum atomic E-state index is -3.58. The van der Waals surface area contributed by atoms with Crippen LogP contribution in [-0.2, 0) is 10.0 Å². The number of aryl methyl sites for hydroxylation is 1. The maximum atomic E-state index is 13.7. The Kier molecular flexibility index (Phi) is 6.56.